The van der Waals surface area contributed by atoms with Crippen LogP contribution in [0.15, 0.2) is 72.6 Å². The lowest BCUT2D eigenvalue weighted by atomic mass is 9.93. The number of ketones is 1. The summed E-state index contributed by atoms with van der Waals surface area (Å²) in [6.45, 7) is 2.10. The average molecular weight is 338 g/mol. The largest absolute Gasteiger partial charge is 0.476 e. The Morgan fingerprint density at radius 2 is 1.60 bits per heavy atom. The molecule has 5 heteroatoms. The predicted octanol–water partition coefficient (Wildman–Crippen LogP) is 2.70. The number of benzene rings is 2. The topological polar surface area (TPSA) is 73.6 Å². The van der Waals surface area contributed by atoms with Gasteiger partial charge < -0.3 is 14.9 Å². The lowest BCUT2D eigenvalue weighted by Gasteiger charge is -2.30. The van der Waals surface area contributed by atoms with E-state index >= 15 is 0 Å². The number of allylic oxidation sites excluding steroid dienone is 1. The van der Waals surface area contributed by atoms with Crippen LogP contribution in [0.25, 0.3) is 0 Å². The van der Waals surface area contributed by atoms with Gasteiger partial charge in [0.2, 0.25) is 5.78 Å². The Balaban J connectivity index is 1.87. The van der Waals surface area contributed by atoms with E-state index in [0.29, 0.717) is 5.76 Å². The third-order valence-electron chi connectivity index (χ3n) is 4.41. The molecule has 0 bridgehead atoms. The summed E-state index contributed by atoms with van der Waals surface area (Å²) >= 11 is 0. The summed E-state index contributed by atoms with van der Waals surface area (Å²) in [5, 5.41) is 3.15. The number of carbonyl (C=O) groups is 1. The fraction of sp³-hybridized carbons (Fsp3) is 0.250. The molecule has 2 aromatic rings. The van der Waals surface area contributed by atoms with Crippen LogP contribution in [-0.4, -0.2) is 18.4 Å². The van der Waals surface area contributed by atoms with Gasteiger partial charge in [-0.15, -0.1) is 0 Å². The standard InChI is InChI=1S/C20H22N2O3/c1-14-17(13-24-21)22-12-18(19(14)23)25-20(15-8-4-2-5-9-15)16-10-6-3-7-11-16/h2-12,14,17,20,22H,13,21H2,1H3. The van der Waals surface area contributed by atoms with Crippen LogP contribution >= 0.6 is 0 Å². The van der Waals surface area contributed by atoms with Crippen LogP contribution in [0.4, 0.5) is 0 Å². The molecule has 0 amide bonds. The molecule has 0 radical (unpaired) electrons. The van der Waals surface area contributed by atoms with E-state index in [4.69, 9.17) is 10.6 Å². The molecule has 130 valence electrons. The summed E-state index contributed by atoms with van der Waals surface area (Å²) in [6.07, 6.45) is 1.26. The van der Waals surface area contributed by atoms with Crippen molar-refractivity contribution >= 4 is 5.78 Å². The van der Waals surface area contributed by atoms with Gasteiger partial charge in [-0.05, 0) is 11.1 Å². The Kier molecular flexibility index (Phi) is 5.48. The minimum absolute atomic E-state index is 0.0577. The summed E-state index contributed by atoms with van der Waals surface area (Å²) in [5.74, 6) is 5.11. The van der Waals surface area contributed by atoms with Crippen molar-refractivity contribution in [3.63, 3.8) is 0 Å². The summed E-state index contributed by atoms with van der Waals surface area (Å²) in [5.41, 5.74) is 1.98. The van der Waals surface area contributed by atoms with Gasteiger partial charge in [0, 0.05) is 12.1 Å². The average Bonchev–Trinajstić information content (AvgIpc) is 2.66. The molecule has 3 rings (SSSR count). The Labute approximate surface area is 147 Å². The van der Waals surface area contributed by atoms with Gasteiger partial charge in [-0.25, -0.2) is 5.90 Å². The van der Waals surface area contributed by atoms with E-state index in [9.17, 15) is 4.79 Å². The van der Waals surface area contributed by atoms with Gasteiger partial charge in [-0.3, -0.25) is 4.79 Å². The van der Waals surface area contributed by atoms with Gasteiger partial charge in [-0.1, -0.05) is 67.6 Å². The van der Waals surface area contributed by atoms with E-state index < -0.39 is 0 Å². The van der Waals surface area contributed by atoms with Crippen molar-refractivity contribution in [2.75, 3.05) is 6.61 Å². The minimum Gasteiger partial charge on any atom is -0.476 e. The van der Waals surface area contributed by atoms with Crippen LogP contribution in [-0.2, 0) is 14.4 Å². The van der Waals surface area contributed by atoms with E-state index in [1.165, 1.54) is 0 Å². The number of ether oxygens (including phenoxy) is 1. The highest BCUT2D eigenvalue weighted by molar-refractivity contribution is 5.96. The Morgan fingerprint density at radius 3 is 2.12 bits per heavy atom. The maximum absolute atomic E-state index is 12.7. The van der Waals surface area contributed by atoms with Crippen LogP contribution < -0.4 is 11.2 Å². The zero-order valence-electron chi connectivity index (χ0n) is 14.1. The molecule has 1 aliphatic rings. The van der Waals surface area contributed by atoms with Crippen LogP contribution in [0.3, 0.4) is 0 Å². The van der Waals surface area contributed by atoms with E-state index in [-0.39, 0.29) is 30.5 Å². The van der Waals surface area contributed by atoms with Crippen molar-refractivity contribution in [3.8, 4) is 0 Å². The molecule has 1 aliphatic heterocycles. The first-order valence-electron chi connectivity index (χ1n) is 8.29. The third kappa shape index (κ3) is 3.90. The van der Waals surface area contributed by atoms with Crippen molar-refractivity contribution in [2.24, 2.45) is 11.8 Å². The molecular formula is C20H22N2O3. The number of nitrogens with one attached hydrogen (secondary N) is 1. The van der Waals surface area contributed by atoms with Crippen LogP contribution in [0.1, 0.15) is 24.2 Å². The lowest BCUT2D eigenvalue weighted by molar-refractivity contribution is -0.125. The van der Waals surface area contributed by atoms with Gasteiger partial charge in [0.25, 0.3) is 0 Å². The molecule has 0 spiro atoms. The molecule has 2 aromatic carbocycles. The number of hydrogen-bond acceptors (Lipinski definition) is 5. The molecule has 2 atom stereocenters. The second kappa shape index (κ2) is 7.96. The van der Waals surface area contributed by atoms with Gasteiger partial charge >= 0.3 is 0 Å². The minimum atomic E-state index is -0.353. The lowest BCUT2D eigenvalue weighted by Crippen LogP contribution is -2.45. The molecule has 5 nitrogen and oxygen atoms in total. The molecular weight excluding hydrogens is 316 g/mol. The Morgan fingerprint density at radius 1 is 1.04 bits per heavy atom. The quantitative estimate of drug-likeness (QED) is 0.792. The van der Waals surface area contributed by atoms with Crippen molar-refractivity contribution in [1.82, 2.24) is 5.32 Å². The molecule has 0 aliphatic carbocycles. The number of rotatable bonds is 6. The maximum Gasteiger partial charge on any atom is 0.203 e. The van der Waals surface area contributed by atoms with Crippen molar-refractivity contribution in [3.05, 3.63) is 83.7 Å². The summed E-state index contributed by atoms with van der Waals surface area (Å²) in [7, 11) is 0. The number of carbonyl (C=O) groups excluding carboxylic acids is 1. The van der Waals surface area contributed by atoms with E-state index in [0.717, 1.165) is 11.1 Å². The van der Waals surface area contributed by atoms with Crippen molar-refractivity contribution in [1.29, 1.82) is 0 Å². The Hall–Kier alpha value is -2.63. The van der Waals surface area contributed by atoms with Gasteiger partial charge in [-0.2, -0.15) is 0 Å². The molecule has 0 saturated carbocycles. The normalized spacial score (nSPS) is 20.1. The van der Waals surface area contributed by atoms with Crippen molar-refractivity contribution < 1.29 is 14.4 Å². The second-order valence-electron chi connectivity index (χ2n) is 6.09. The number of Topliss-reactive ketones (excluding diaryl/α,β-unsaturated/α-hetero) is 1. The fourth-order valence-corrected chi connectivity index (χ4v) is 2.90. The maximum atomic E-state index is 12.7. The first-order valence-corrected chi connectivity index (χ1v) is 8.29. The molecule has 25 heavy (non-hydrogen) atoms. The highest BCUT2D eigenvalue weighted by Gasteiger charge is 2.33. The molecule has 3 N–H and O–H groups in total. The molecule has 2 unspecified atom stereocenters. The first-order chi connectivity index (χ1) is 12.2. The smallest absolute Gasteiger partial charge is 0.203 e. The zero-order valence-corrected chi connectivity index (χ0v) is 14.1. The van der Waals surface area contributed by atoms with Crippen LogP contribution in [0.5, 0.6) is 0 Å². The summed E-state index contributed by atoms with van der Waals surface area (Å²) in [6, 6.07) is 19.6. The highest BCUT2D eigenvalue weighted by Crippen LogP contribution is 2.30. The van der Waals surface area contributed by atoms with Gasteiger partial charge in [0.1, 0.15) is 6.10 Å². The zero-order chi connectivity index (χ0) is 17.6. The van der Waals surface area contributed by atoms with E-state index in [2.05, 4.69) is 10.2 Å². The Bertz CT molecular complexity index is 692. The molecule has 0 fully saturated rings. The predicted molar refractivity (Wildman–Crippen MR) is 95.1 cm³/mol. The van der Waals surface area contributed by atoms with Crippen molar-refractivity contribution in [2.45, 2.75) is 19.1 Å². The first kappa shape index (κ1) is 17.2. The van der Waals surface area contributed by atoms with E-state index in [1.54, 1.807) is 6.20 Å². The summed E-state index contributed by atoms with van der Waals surface area (Å²) in [4.78, 5) is 17.3. The third-order valence-corrected chi connectivity index (χ3v) is 4.41. The van der Waals surface area contributed by atoms with Crippen LogP contribution in [0, 0.1) is 5.92 Å². The SMILES string of the molecule is CC1C(=O)C(OC(c2ccccc2)c2ccccc2)=CNC1CON. The molecule has 0 saturated heterocycles. The monoisotopic (exact) mass is 338 g/mol. The van der Waals surface area contributed by atoms with Gasteiger partial charge in [0.05, 0.1) is 12.6 Å². The van der Waals surface area contributed by atoms with Crippen LogP contribution in [0.2, 0.25) is 0 Å². The second-order valence-corrected chi connectivity index (χ2v) is 6.09. The van der Waals surface area contributed by atoms with Gasteiger partial charge in [0.15, 0.2) is 5.76 Å². The summed E-state index contributed by atoms with van der Waals surface area (Å²) < 4.78 is 6.15. The molecule has 0 aromatic heterocycles. The molecule has 1 heterocycles. The highest BCUT2D eigenvalue weighted by atomic mass is 16.6. The fourth-order valence-electron chi connectivity index (χ4n) is 2.90. The van der Waals surface area contributed by atoms with E-state index in [1.807, 2.05) is 67.6 Å². The number of hydrogen-bond donors (Lipinski definition) is 2. The number of nitrogens with two attached hydrogens (primary N) is 1.